The van der Waals surface area contributed by atoms with Crippen LogP contribution in [0.4, 0.5) is 0 Å². The largest absolute Gasteiger partial charge is 0.348 e. The van der Waals surface area contributed by atoms with E-state index in [0.29, 0.717) is 5.92 Å². The molecule has 2 aromatic rings. The number of amides is 1. The topological polar surface area (TPSA) is 53.9 Å². The molecule has 3 heterocycles. The van der Waals surface area contributed by atoms with Gasteiger partial charge in [0, 0.05) is 49.3 Å². The van der Waals surface area contributed by atoms with E-state index >= 15 is 0 Å². The first kappa shape index (κ1) is 14.9. The lowest BCUT2D eigenvalue weighted by Crippen LogP contribution is -2.39. The molecule has 2 aromatic heterocycles. The zero-order valence-corrected chi connectivity index (χ0v) is 13.5. The Labute approximate surface area is 131 Å². The molecule has 1 aliphatic heterocycles. The molecule has 1 N–H and O–H groups in total. The van der Waals surface area contributed by atoms with Crippen LogP contribution >= 0.6 is 0 Å². The molecule has 0 unspecified atom stereocenters. The van der Waals surface area contributed by atoms with Gasteiger partial charge < -0.3 is 14.5 Å². The van der Waals surface area contributed by atoms with Crippen molar-refractivity contribution in [3.05, 3.63) is 42.2 Å². The van der Waals surface area contributed by atoms with Gasteiger partial charge in [-0.1, -0.05) is 0 Å². The van der Waals surface area contributed by atoms with Crippen molar-refractivity contribution in [2.45, 2.75) is 45.1 Å². The normalized spacial score (nSPS) is 19.4. The third-order valence-electron chi connectivity index (χ3n) is 4.33. The SMILES string of the molecule is CC(C)(C)n1ccc(C(=O)N2CCC[C@H](c3ncc[nH]3)C2)c1. The van der Waals surface area contributed by atoms with Crippen LogP contribution in [0, 0.1) is 0 Å². The van der Waals surface area contributed by atoms with Crippen molar-refractivity contribution in [2.75, 3.05) is 13.1 Å². The Bertz CT molecular complexity index is 636. The number of rotatable bonds is 2. The summed E-state index contributed by atoms with van der Waals surface area (Å²) in [7, 11) is 0. The Balaban J connectivity index is 1.73. The average molecular weight is 300 g/mol. The maximum atomic E-state index is 12.7. The quantitative estimate of drug-likeness (QED) is 0.927. The second-order valence-corrected chi connectivity index (χ2v) is 7.04. The van der Waals surface area contributed by atoms with Gasteiger partial charge in [-0.05, 0) is 39.7 Å². The van der Waals surface area contributed by atoms with Crippen molar-refractivity contribution >= 4 is 5.91 Å². The number of hydrogen-bond donors (Lipinski definition) is 1. The van der Waals surface area contributed by atoms with Crippen LogP contribution in [-0.2, 0) is 5.54 Å². The molecule has 0 bridgehead atoms. The lowest BCUT2D eigenvalue weighted by molar-refractivity contribution is 0.0704. The molecule has 0 aliphatic carbocycles. The van der Waals surface area contributed by atoms with E-state index in [1.54, 1.807) is 6.20 Å². The fourth-order valence-corrected chi connectivity index (χ4v) is 3.01. The second-order valence-electron chi connectivity index (χ2n) is 7.04. The predicted octanol–water partition coefficient (Wildman–Crippen LogP) is 2.99. The highest BCUT2D eigenvalue weighted by Crippen LogP contribution is 2.26. The van der Waals surface area contributed by atoms with Gasteiger partial charge in [-0.3, -0.25) is 4.79 Å². The molecule has 3 rings (SSSR count). The first-order chi connectivity index (χ1) is 10.4. The number of carbonyl (C=O) groups excluding carboxylic acids is 1. The maximum absolute atomic E-state index is 12.7. The highest BCUT2D eigenvalue weighted by atomic mass is 16.2. The molecule has 0 aromatic carbocycles. The van der Waals surface area contributed by atoms with Crippen molar-refractivity contribution < 1.29 is 4.79 Å². The summed E-state index contributed by atoms with van der Waals surface area (Å²) >= 11 is 0. The first-order valence-corrected chi connectivity index (χ1v) is 7.92. The first-order valence-electron chi connectivity index (χ1n) is 7.92. The summed E-state index contributed by atoms with van der Waals surface area (Å²) in [5.41, 5.74) is 0.770. The van der Waals surface area contributed by atoms with E-state index in [0.717, 1.165) is 37.3 Å². The molecule has 5 heteroatoms. The smallest absolute Gasteiger partial charge is 0.255 e. The van der Waals surface area contributed by atoms with E-state index in [9.17, 15) is 4.79 Å². The Morgan fingerprint density at radius 3 is 2.86 bits per heavy atom. The molecule has 0 spiro atoms. The number of carbonyl (C=O) groups is 1. The summed E-state index contributed by atoms with van der Waals surface area (Å²) in [4.78, 5) is 22.2. The maximum Gasteiger partial charge on any atom is 0.255 e. The van der Waals surface area contributed by atoms with Crippen LogP contribution in [0.3, 0.4) is 0 Å². The number of hydrogen-bond acceptors (Lipinski definition) is 2. The summed E-state index contributed by atoms with van der Waals surface area (Å²) in [6.07, 6.45) is 9.68. The van der Waals surface area contributed by atoms with Crippen LogP contribution < -0.4 is 0 Å². The van der Waals surface area contributed by atoms with Gasteiger partial charge in [0.1, 0.15) is 5.82 Å². The summed E-state index contributed by atoms with van der Waals surface area (Å²) in [6.45, 7) is 7.98. The van der Waals surface area contributed by atoms with E-state index in [4.69, 9.17) is 0 Å². The fourth-order valence-electron chi connectivity index (χ4n) is 3.01. The predicted molar refractivity (Wildman–Crippen MR) is 85.9 cm³/mol. The summed E-state index contributed by atoms with van der Waals surface area (Å²) < 4.78 is 2.09. The van der Waals surface area contributed by atoms with E-state index in [1.165, 1.54) is 0 Å². The average Bonchev–Trinajstić information content (AvgIpc) is 3.17. The third kappa shape index (κ3) is 2.93. The van der Waals surface area contributed by atoms with Crippen LogP contribution in [0.25, 0.3) is 0 Å². The van der Waals surface area contributed by atoms with Gasteiger partial charge in [0.2, 0.25) is 0 Å². The van der Waals surface area contributed by atoms with E-state index < -0.39 is 0 Å². The zero-order valence-electron chi connectivity index (χ0n) is 13.5. The van der Waals surface area contributed by atoms with Crippen molar-refractivity contribution in [3.63, 3.8) is 0 Å². The van der Waals surface area contributed by atoms with Crippen molar-refractivity contribution in [2.24, 2.45) is 0 Å². The van der Waals surface area contributed by atoms with E-state index in [-0.39, 0.29) is 11.4 Å². The van der Waals surface area contributed by atoms with E-state index in [1.807, 2.05) is 29.6 Å². The van der Waals surface area contributed by atoms with Crippen LogP contribution in [0.5, 0.6) is 0 Å². The van der Waals surface area contributed by atoms with Crippen LogP contribution in [0.15, 0.2) is 30.9 Å². The molecule has 0 radical (unpaired) electrons. The van der Waals surface area contributed by atoms with Gasteiger partial charge in [-0.15, -0.1) is 0 Å². The van der Waals surface area contributed by atoms with Crippen molar-refractivity contribution in [3.8, 4) is 0 Å². The molecular weight excluding hydrogens is 276 g/mol. The number of piperidine rings is 1. The number of imidazole rings is 1. The number of H-pyrrole nitrogens is 1. The summed E-state index contributed by atoms with van der Waals surface area (Å²) in [6, 6.07) is 1.92. The van der Waals surface area contributed by atoms with Gasteiger partial charge >= 0.3 is 0 Å². The summed E-state index contributed by atoms with van der Waals surface area (Å²) in [5.74, 6) is 1.43. The Hall–Kier alpha value is -2.04. The number of nitrogens with one attached hydrogen (secondary N) is 1. The third-order valence-corrected chi connectivity index (χ3v) is 4.33. The number of aromatic amines is 1. The molecule has 22 heavy (non-hydrogen) atoms. The Morgan fingerprint density at radius 1 is 1.41 bits per heavy atom. The standard InChI is InChI=1S/C17H24N4O/c1-17(2,3)21-10-6-14(12-21)16(22)20-9-4-5-13(11-20)15-18-7-8-19-15/h6-8,10,12-13H,4-5,9,11H2,1-3H3,(H,18,19)/t13-/m0/s1. The Morgan fingerprint density at radius 2 is 2.23 bits per heavy atom. The molecule has 118 valence electrons. The molecule has 1 atom stereocenters. The molecular formula is C17H24N4O. The lowest BCUT2D eigenvalue weighted by Gasteiger charge is -2.31. The van der Waals surface area contributed by atoms with Gasteiger partial charge in [-0.25, -0.2) is 4.98 Å². The summed E-state index contributed by atoms with van der Waals surface area (Å²) in [5, 5.41) is 0. The van der Waals surface area contributed by atoms with Crippen molar-refractivity contribution in [1.82, 2.24) is 19.4 Å². The highest BCUT2D eigenvalue weighted by Gasteiger charge is 2.27. The minimum atomic E-state index is -0.00285. The van der Waals surface area contributed by atoms with Gasteiger partial charge in [0.05, 0.1) is 5.56 Å². The van der Waals surface area contributed by atoms with Gasteiger partial charge in [0.25, 0.3) is 5.91 Å². The lowest BCUT2D eigenvalue weighted by atomic mass is 9.97. The molecule has 1 saturated heterocycles. The number of aromatic nitrogens is 3. The van der Waals surface area contributed by atoms with Gasteiger partial charge in [0.15, 0.2) is 0 Å². The molecule has 1 fully saturated rings. The minimum absolute atomic E-state index is 0.00285. The monoisotopic (exact) mass is 300 g/mol. The molecule has 1 aliphatic rings. The molecule has 1 amide bonds. The molecule has 0 saturated carbocycles. The fraction of sp³-hybridized carbons (Fsp3) is 0.529. The number of nitrogens with zero attached hydrogens (tertiary/aromatic N) is 3. The van der Waals surface area contributed by atoms with Crippen molar-refractivity contribution in [1.29, 1.82) is 0 Å². The number of likely N-dealkylation sites (tertiary alicyclic amines) is 1. The highest BCUT2D eigenvalue weighted by molar-refractivity contribution is 5.94. The van der Waals surface area contributed by atoms with Crippen LogP contribution in [0.2, 0.25) is 0 Å². The second kappa shape index (κ2) is 5.63. The Kier molecular flexibility index (Phi) is 3.81. The zero-order chi connectivity index (χ0) is 15.7. The van der Waals surface area contributed by atoms with Crippen LogP contribution in [-0.4, -0.2) is 38.4 Å². The molecule has 5 nitrogen and oxygen atoms in total. The van der Waals surface area contributed by atoms with Crippen LogP contribution in [0.1, 0.15) is 55.7 Å². The minimum Gasteiger partial charge on any atom is -0.348 e. The van der Waals surface area contributed by atoms with Gasteiger partial charge in [-0.2, -0.15) is 0 Å². The van der Waals surface area contributed by atoms with E-state index in [2.05, 4.69) is 35.3 Å².